The zero-order valence-corrected chi connectivity index (χ0v) is 11.7. The number of halogens is 1. The monoisotopic (exact) mass is 352 g/mol. The summed E-state index contributed by atoms with van der Waals surface area (Å²) in [5.41, 5.74) is 2.42. The highest BCUT2D eigenvalue weighted by Crippen LogP contribution is 2.21. The standard InChI is InChI=1S/C12H9IN4O/c1-7-4-8(2-3-14-7)17-5-9(13)10-11(17)15-6-16-12(10)18/h2-6H,1H3,(H,15,16,18). The molecule has 3 rings (SSSR count). The van der Waals surface area contributed by atoms with E-state index in [1.165, 1.54) is 6.33 Å². The summed E-state index contributed by atoms with van der Waals surface area (Å²) < 4.78 is 2.78. The Labute approximate surface area is 116 Å². The third-order valence-corrected chi connectivity index (χ3v) is 3.52. The number of aryl methyl sites for hydroxylation is 1. The topological polar surface area (TPSA) is 63.6 Å². The Morgan fingerprint density at radius 1 is 1.39 bits per heavy atom. The van der Waals surface area contributed by atoms with Crippen molar-refractivity contribution in [3.63, 3.8) is 0 Å². The smallest absolute Gasteiger partial charge is 0.261 e. The minimum absolute atomic E-state index is 0.117. The molecular weight excluding hydrogens is 343 g/mol. The highest BCUT2D eigenvalue weighted by atomic mass is 127. The Hall–Kier alpha value is -1.70. The van der Waals surface area contributed by atoms with Crippen LogP contribution in [0, 0.1) is 10.5 Å². The molecule has 0 atom stereocenters. The Bertz CT molecular complexity index is 790. The van der Waals surface area contributed by atoms with Gasteiger partial charge < -0.3 is 4.98 Å². The molecule has 0 unspecified atom stereocenters. The fourth-order valence-electron chi connectivity index (χ4n) is 1.90. The maximum atomic E-state index is 11.8. The lowest BCUT2D eigenvalue weighted by atomic mass is 10.3. The molecule has 0 fully saturated rings. The Morgan fingerprint density at radius 3 is 3.00 bits per heavy atom. The van der Waals surface area contributed by atoms with Crippen molar-refractivity contribution in [2.24, 2.45) is 0 Å². The Balaban J connectivity index is 2.38. The van der Waals surface area contributed by atoms with Gasteiger partial charge in [-0.3, -0.25) is 14.3 Å². The first-order chi connectivity index (χ1) is 8.66. The number of hydrogen-bond donors (Lipinski definition) is 1. The average molecular weight is 352 g/mol. The Kier molecular flexibility index (Phi) is 2.66. The molecule has 1 N–H and O–H groups in total. The van der Waals surface area contributed by atoms with Crippen LogP contribution in [-0.2, 0) is 0 Å². The largest absolute Gasteiger partial charge is 0.312 e. The van der Waals surface area contributed by atoms with E-state index < -0.39 is 0 Å². The molecule has 3 heterocycles. The number of aromatic nitrogens is 4. The fourth-order valence-corrected chi connectivity index (χ4v) is 2.67. The Morgan fingerprint density at radius 2 is 2.22 bits per heavy atom. The van der Waals surface area contributed by atoms with Gasteiger partial charge in [-0.25, -0.2) is 4.98 Å². The molecule has 0 aliphatic carbocycles. The molecule has 0 aromatic carbocycles. The van der Waals surface area contributed by atoms with Crippen LogP contribution in [0.2, 0.25) is 0 Å². The van der Waals surface area contributed by atoms with Crippen molar-refractivity contribution in [3.05, 3.63) is 50.5 Å². The summed E-state index contributed by atoms with van der Waals surface area (Å²) in [6.07, 6.45) is 5.07. The summed E-state index contributed by atoms with van der Waals surface area (Å²) >= 11 is 2.14. The predicted octanol–water partition coefficient (Wildman–Crippen LogP) is 2.02. The molecule has 0 saturated carbocycles. The lowest BCUT2D eigenvalue weighted by molar-refractivity contribution is 1.05. The molecule has 5 nitrogen and oxygen atoms in total. The van der Waals surface area contributed by atoms with Gasteiger partial charge in [-0.05, 0) is 41.6 Å². The minimum Gasteiger partial charge on any atom is -0.312 e. The molecule has 0 spiro atoms. The van der Waals surface area contributed by atoms with Gasteiger partial charge in [-0.15, -0.1) is 0 Å². The molecule has 0 amide bonds. The fraction of sp³-hybridized carbons (Fsp3) is 0.0833. The first kappa shape index (κ1) is 11.4. The van der Waals surface area contributed by atoms with E-state index in [4.69, 9.17) is 0 Å². The number of nitrogens with one attached hydrogen (secondary N) is 1. The van der Waals surface area contributed by atoms with Crippen molar-refractivity contribution in [3.8, 4) is 5.69 Å². The van der Waals surface area contributed by atoms with E-state index in [2.05, 4.69) is 37.5 Å². The van der Waals surface area contributed by atoms with Gasteiger partial charge in [0.2, 0.25) is 0 Å². The predicted molar refractivity (Wildman–Crippen MR) is 76.9 cm³/mol. The van der Waals surface area contributed by atoms with Crippen molar-refractivity contribution < 1.29 is 0 Å². The first-order valence-electron chi connectivity index (χ1n) is 5.34. The van der Waals surface area contributed by atoms with Crippen molar-refractivity contribution in [1.29, 1.82) is 0 Å². The van der Waals surface area contributed by atoms with E-state index in [1.54, 1.807) is 6.20 Å². The summed E-state index contributed by atoms with van der Waals surface area (Å²) in [5.74, 6) is 0. The lowest BCUT2D eigenvalue weighted by Crippen LogP contribution is -2.07. The molecule has 0 radical (unpaired) electrons. The third-order valence-electron chi connectivity index (χ3n) is 2.70. The van der Waals surface area contributed by atoms with Crippen LogP contribution in [0.3, 0.4) is 0 Å². The number of hydrogen-bond acceptors (Lipinski definition) is 3. The normalized spacial score (nSPS) is 11.0. The zero-order chi connectivity index (χ0) is 12.7. The molecule has 6 heteroatoms. The molecule has 90 valence electrons. The molecule has 3 aromatic rings. The van der Waals surface area contributed by atoms with Gasteiger partial charge in [0, 0.05) is 21.7 Å². The number of fused-ring (bicyclic) bond motifs is 1. The van der Waals surface area contributed by atoms with Crippen molar-refractivity contribution >= 4 is 33.6 Å². The van der Waals surface area contributed by atoms with E-state index in [1.807, 2.05) is 29.8 Å². The van der Waals surface area contributed by atoms with Gasteiger partial charge in [0.05, 0.1) is 17.4 Å². The second-order valence-corrected chi connectivity index (χ2v) is 5.09. The van der Waals surface area contributed by atoms with E-state index >= 15 is 0 Å². The van der Waals surface area contributed by atoms with Crippen LogP contribution in [0.25, 0.3) is 16.7 Å². The second kappa shape index (κ2) is 4.20. The van der Waals surface area contributed by atoms with Crippen molar-refractivity contribution in [1.82, 2.24) is 19.5 Å². The SMILES string of the molecule is Cc1cc(-n2cc(I)c3c(=O)[nH]cnc32)ccn1. The first-order valence-corrected chi connectivity index (χ1v) is 6.42. The van der Waals surface area contributed by atoms with Crippen LogP contribution in [0.1, 0.15) is 5.69 Å². The van der Waals surface area contributed by atoms with Gasteiger partial charge in [-0.2, -0.15) is 0 Å². The number of aromatic amines is 1. The van der Waals surface area contributed by atoms with Crippen LogP contribution >= 0.6 is 22.6 Å². The zero-order valence-electron chi connectivity index (χ0n) is 9.51. The van der Waals surface area contributed by atoms with Gasteiger partial charge in [0.1, 0.15) is 0 Å². The quantitative estimate of drug-likeness (QED) is 0.682. The minimum atomic E-state index is -0.117. The number of pyridine rings is 1. The number of rotatable bonds is 1. The van der Waals surface area contributed by atoms with Gasteiger partial charge in [0.25, 0.3) is 5.56 Å². The molecule has 18 heavy (non-hydrogen) atoms. The molecule has 0 aliphatic heterocycles. The highest BCUT2D eigenvalue weighted by molar-refractivity contribution is 14.1. The molecule has 0 bridgehead atoms. The summed E-state index contributed by atoms with van der Waals surface area (Å²) in [5, 5.41) is 0.618. The van der Waals surface area contributed by atoms with Crippen LogP contribution in [0.15, 0.2) is 35.6 Å². The van der Waals surface area contributed by atoms with E-state index in [9.17, 15) is 4.79 Å². The van der Waals surface area contributed by atoms with Crippen LogP contribution in [0.5, 0.6) is 0 Å². The van der Waals surface area contributed by atoms with Gasteiger partial charge >= 0.3 is 0 Å². The van der Waals surface area contributed by atoms with E-state index in [0.29, 0.717) is 11.0 Å². The molecular formula is C12H9IN4O. The summed E-state index contributed by atoms with van der Waals surface area (Å²) in [7, 11) is 0. The van der Waals surface area contributed by atoms with E-state index in [-0.39, 0.29) is 5.56 Å². The maximum Gasteiger partial charge on any atom is 0.261 e. The van der Waals surface area contributed by atoms with Gasteiger partial charge in [-0.1, -0.05) is 0 Å². The maximum absolute atomic E-state index is 11.8. The summed E-state index contributed by atoms with van der Waals surface area (Å²) in [4.78, 5) is 22.8. The van der Waals surface area contributed by atoms with Gasteiger partial charge in [0.15, 0.2) is 5.65 Å². The van der Waals surface area contributed by atoms with Crippen LogP contribution < -0.4 is 5.56 Å². The number of nitrogens with zero attached hydrogens (tertiary/aromatic N) is 3. The molecule has 0 saturated heterocycles. The summed E-state index contributed by atoms with van der Waals surface area (Å²) in [6.45, 7) is 1.93. The van der Waals surface area contributed by atoms with Crippen LogP contribution in [-0.4, -0.2) is 19.5 Å². The second-order valence-electron chi connectivity index (χ2n) is 3.93. The highest BCUT2D eigenvalue weighted by Gasteiger charge is 2.12. The van der Waals surface area contributed by atoms with Crippen molar-refractivity contribution in [2.75, 3.05) is 0 Å². The third kappa shape index (κ3) is 1.72. The van der Waals surface area contributed by atoms with Crippen LogP contribution in [0.4, 0.5) is 0 Å². The molecule has 0 aliphatic rings. The summed E-state index contributed by atoms with van der Waals surface area (Å²) in [6, 6.07) is 3.85. The molecule has 3 aromatic heterocycles. The van der Waals surface area contributed by atoms with Crippen molar-refractivity contribution in [2.45, 2.75) is 6.92 Å². The lowest BCUT2D eigenvalue weighted by Gasteiger charge is -2.04. The van der Waals surface area contributed by atoms with E-state index in [0.717, 1.165) is 15.0 Å². The average Bonchev–Trinajstić information content (AvgIpc) is 2.68. The number of H-pyrrole nitrogens is 1.